The van der Waals surface area contributed by atoms with Gasteiger partial charge in [-0.15, -0.1) is 0 Å². The highest BCUT2D eigenvalue weighted by Gasteiger charge is 2.33. The molecular weight excluding hydrogens is 298 g/mol. The summed E-state index contributed by atoms with van der Waals surface area (Å²) in [5.74, 6) is -2.37. The number of likely N-dealkylation sites (tertiary alicyclic amines) is 1. The third-order valence-electron chi connectivity index (χ3n) is 3.23. The fourth-order valence-electron chi connectivity index (χ4n) is 1.97. The summed E-state index contributed by atoms with van der Waals surface area (Å²) in [6.07, 6.45) is -1.33. The van der Waals surface area contributed by atoms with Crippen LogP contribution in [0.5, 0.6) is 5.75 Å². The van der Waals surface area contributed by atoms with Crippen molar-refractivity contribution in [2.45, 2.75) is 19.1 Å². The highest BCUT2D eigenvalue weighted by atomic mass is 19.2. The average molecular weight is 314 g/mol. The molecule has 1 aliphatic rings. The second-order valence-corrected chi connectivity index (χ2v) is 4.92. The van der Waals surface area contributed by atoms with Crippen LogP contribution in [0.2, 0.25) is 0 Å². The molecule has 0 saturated carbocycles. The number of halogens is 2. The smallest absolute Gasteiger partial charge is 0.409 e. The second-order valence-electron chi connectivity index (χ2n) is 4.92. The number of carbonyl (C=O) groups is 2. The lowest BCUT2D eigenvalue weighted by atomic mass is 10.1. The van der Waals surface area contributed by atoms with E-state index >= 15 is 0 Å². The highest BCUT2D eigenvalue weighted by molar-refractivity contribution is 5.81. The Hall–Kier alpha value is -2.38. The first-order valence-electron chi connectivity index (χ1n) is 6.65. The van der Waals surface area contributed by atoms with Crippen LogP contribution in [0.25, 0.3) is 0 Å². The van der Waals surface area contributed by atoms with Crippen molar-refractivity contribution in [3.8, 4) is 5.75 Å². The Bertz CT molecular complexity index is 576. The molecule has 1 atom stereocenters. The van der Waals surface area contributed by atoms with Crippen molar-refractivity contribution in [1.82, 2.24) is 10.2 Å². The number of ether oxygens (including phenoxy) is 2. The molecule has 1 unspecified atom stereocenters. The van der Waals surface area contributed by atoms with E-state index in [2.05, 4.69) is 10.1 Å². The van der Waals surface area contributed by atoms with Gasteiger partial charge in [0.15, 0.2) is 17.7 Å². The quantitative estimate of drug-likeness (QED) is 0.909. The van der Waals surface area contributed by atoms with Crippen LogP contribution in [0, 0.1) is 11.6 Å². The van der Waals surface area contributed by atoms with Crippen LogP contribution >= 0.6 is 0 Å². The molecule has 1 aliphatic heterocycles. The zero-order valence-corrected chi connectivity index (χ0v) is 12.1. The SMILES string of the molecule is COC(=O)N1CC(NC(=O)C(C)Oc2ccc(F)c(F)c2)C1. The third kappa shape index (κ3) is 3.63. The number of rotatable bonds is 4. The van der Waals surface area contributed by atoms with E-state index in [1.54, 1.807) is 0 Å². The summed E-state index contributed by atoms with van der Waals surface area (Å²) in [7, 11) is 1.28. The van der Waals surface area contributed by atoms with Gasteiger partial charge >= 0.3 is 6.09 Å². The van der Waals surface area contributed by atoms with Crippen molar-refractivity contribution in [1.29, 1.82) is 0 Å². The molecule has 1 fully saturated rings. The first kappa shape index (κ1) is 16.0. The number of nitrogens with zero attached hydrogens (tertiary/aromatic N) is 1. The lowest BCUT2D eigenvalue weighted by Gasteiger charge is -2.38. The third-order valence-corrected chi connectivity index (χ3v) is 3.23. The summed E-state index contributed by atoms with van der Waals surface area (Å²) in [6, 6.07) is 2.86. The molecule has 22 heavy (non-hydrogen) atoms. The van der Waals surface area contributed by atoms with Crippen LogP contribution in [-0.2, 0) is 9.53 Å². The first-order chi connectivity index (χ1) is 10.4. The molecule has 2 amide bonds. The van der Waals surface area contributed by atoms with Crippen molar-refractivity contribution in [2.75, 3.05) is 20.2 Å². The van der Waals surface area contributed by atoms with E-state index in [0.717, 1.165) is 12.1 Å². The number of amides is 2. The minimum absolute atomic E-state index is 0.0614. The summed E-state index contributed by atoms with van der Waals surface area (Å²) >= 11 is 0. The molecule has 1 aromatic carbocycles. The average Bonchev–Trinajstić information content (AvgIpc) is 2.45. The van der Waals surface area contributed by atoms with Crippen molar-refractivity contribution in [2.24, 2.45) is 0 Å². The van der Waals surface area contributed by atoms with E-state index in [1.165, 1.54) is 25.0 Å². The Labute approximate surface area is 126 Å². The van der Waals surface area contributed by atoms with E-state index in [0.29, 0.717) is 13.1 Å². The molecular formula is C14H16F2N2O4. The van der Waals surface area contributed by atoms with Gasteiger partial charge in [-0.2, -0.15) is 0 Å². The Kier molecular flexibility index (Phi) is 4.79. The lowest BCUT2D eigenvalue weighted by Crippen LogP contribution is -2.62. The van der Waals surface area contributed by atoms with Gasteiger partial charge in [0.2, 0.25) is 0 Å². The Morgan fingerprint density at radius 1 is 1.32 bits per heavy atom. The molecule has 0 radical (unpaired) electrons. The maximum Gasteiger partial charge on any atom is 0.409 e. The maximum absolute atomic E-state index is 13.1. The van der Waals surface area contributed by atoms with Gasteiger partial charge < -0.3 is 19.7 Å². The van der Waals surface area contributed by atoms with Gasteiger partial charge in [-0.05, 0) is 19.1 Å². The van der Waals surface area contributed by atoms with E-state index < -0.39 is 29.7 Å². The minimum atomic E-state index is -1.04. The number of carbonyl (C=O) groups excluding carboxylic acids is 2. The number of hydrogen-bond acceptors (Lipinski definition) is 4. The van der Waals surface area contributed by atoms with Crippen molar-refractivity contribution in [3.63, 3.8) is 0 Å². The largest absolute Gasteiger partial charge is 0.481 e. The van der Waals surface area contributed by atoms with Gasteiger partial charge in [0.05, 0.1) is 13.2 Å². The molecule has 120 valence electrons. The fraction of sp³-hybridized carbons (Fsp3) is 0.429. The van der Waals surface area contributed by atoms with Gasteiger partial charge in [0.1, 0.15) is 5.75 Å². The van der Waals surface area contributed by atoms with Crippen LogP contribution in [-0.4, -0.2) is 49.2 Å². The van der Waals surface area contributed by atoms with Crippen LogP contribution in [0.1, 0.15) is 6.92 Å². The molecule has 0 aromatic heterocycles. The summed E-state index contributed by atoms with van der Waals surface area (Å²) in [5.41, 5.74) is 0. The molecule has 0 aliphatic carbocycles. The van der Waals surface area contributed by atoms with Gasteiger partial charge in [0.25, 0.3) is 5.91 Å². The number of hydrogen-bond donors (Lipinski definition) is 1. The molecule has 2 rings (SSSR count). The Balaban J connectivity index is 1.80. The van der Waals surface area contributed by atoms with Crippen molar-refractivity contribution < 1.29 is 27.8 Å². The van der Waals surface area contributed by atoms with Crippen LogP contribution in [0.3, 0.4) is 0 Å². The predicted molar refractivity (Wildman–Crippen MR) is 72.4 cm³/mol. The van der Waals surface area contributed by atoms with Crippen LogP contribution in [0.4, 0.5) is 13.6 Å². The summed E-state index contributed by atoms with van der Waals surface area (Å²) < 4.78 is 35.6. The van der Waals surface area contributed by atoms with E-state index in [4.69, 9.17) is 4.74 Å². The molecule has 8 heteroatoms. The Morgan fingerprint density at radius 3 is 2.59 bits per heavy atom. The lowest BCUT2D eigenvalue weighted by molar-refractivity contribution is -0.129. The Morgan fingerprint density at radius 2 is 2.00 bits per heavy atom. The van der Waals surface area contributed by atoms with Crippen LogP contribution in [0.15, 0.2) is 18.2 Å². The van der Waals surface area contributed by atoms with Gasteiger partial charge in [-0.3, -0.25) is 4.79 Å². The van der Waals surface area contributed by atoms with Crippen LogP contribution < -0.4 is 10.1 Å². The van der Waals surface area contributed by atoms with E-state index in [-0.39, 0.29) is 11.8 Å². The predicted octanol–water partition coefficient (Wildman–Crippen LogP) is 1.30. The number of nitrogens with one attached hydrogen (secondary N) is 1. The molecule has 1 heterocycles. The van der Waals surface area contributed by atoms with E-state index in [9.17, 15) is 18.4 Å². The maximum atomic E-state index is 13.1. The summed E-state index contributed by atoms with van der Waals surface area (Å²) in [4.78, 5) is 24.5. The van der Waals surface area contributed by atoms with Gasteiger partial charge in [-0.25, -0.2) is 13.6 Å². The topological polar surface area (TPSA) is 67.9 Å². The zero-order chi connectivity index (χ0) is 16.3. The number of benzene rings is 1. The molecule has 1 saturated heterocycles. The van der Waals surface area contributed by atoms with Crippen molar-refractivity contribution >= 4 is 12.0 Å². The van der Waals surface area contributed by atoms with Crippen molar-refractivity contribution in [3.05, 3.63) is 29.8 Å². The zero-order valence-electron chi connectivity index (χ0n) is 12.1. The molecule has 0 spiro atoms. The summed E-state index contributed by atoms with van der Waals surface area (Å²) in [5, 5.41) is 2.69. The molecule has 1 aromatic rings. The number of methoxy groups -OCH3 is 1. The fourth-order valence-corrected chi connectivity index (χ4v) is 1.97. The minimum Gasteiger partial charge on any atom is -0.481 e. The monoisotopic (exact) mass is 314 g/mol. The van der Waals surface area contributed by atoms with E-state index in [1.807, 2.05) is 0 Å². The molecule has 1 N–H and O–H groups in total. The van der Waals surface area contributed by atoms with Gasteiger partial charge in [0, 0.05) is 19.2 Å². The second kappa shape index (κ2) is 6.59. The summed E-state index contributed by atoms with van der Waals surface area (Å²) in [6.45, 7) is 2.21. The normalized spacial score (nSPS) is 15.7. The first-order valence-corrected chi connectivity index (χ1v) is 6.65. The molecule has 6 nitrogen and oxygen atoms in total. The molecule has 0 bridgehead atoms. The van der Waals surface area contributed by atoms with Gasteiger partial charge in [-0.1, -0.05) is 0 Å². The standard InChI is InChI=1S/C14H16F2N2O4/c1-8(22-10-3-4-11(15)12(16)5-10)13(19)17-9-6-18(7-9)14(20)21-2/h3-5,8-9H,6-7H2,1-2H3,(H,17,19). The highest BCUT2D eigenvalue weighted by Crippen LogP contribution is 2.17.